The largest absolute Gasteiger partial charge is 0.387 e. The molecule has 7 heterocycles. The fourth-order valence-corrected chi connectivity index (χ4v) is 6.70. The van der Waals surface area contributed by atoms with Gasteiger partial charge in [-0.1, -0.05) is 30.9 Å². The molecule has 0 bridgehead atoms. The van der Waals surface area contributed by atoms with E-state index in [0.29, 0.717) is 34.2 Å². The molecule has 0 unspecified atom stereocenters. The molecule has 16 heteroatoms. The molecule has 2 aromatic carbocycles. The Bertz CT molecular complexity index is 3030. The number of H-pyrrole nitrogens is 4. The smallest absolute Gasteiger partial charge is 0.261 e. The molecule has 9 aromatic rings. The van der Waals surface area contributed by atoms with Crippen molar-refractivity contribution >= 4 is 33.4 Å². The number of imidazole rings is 4. The highest BCUT2D eigenvalue weighted by atomic mass is 16.3. The summed E-state index contributed by atoms with van der Waals surface area (Å²) in [7, 11) is 1.78. The number of nitrogens with one attached hydrogen (secondary N) is 6. The summed E-state index contributed by atoms with van der Waals surface area (Å²) in [4.78, 5) is 58.6. The summed E-state index contributed by atoms with van der Waals surface area (Å²) in [5, 5.41) is 16.6. The van der Waals surface area contributed by atoms with Gasteiger partial charge in [0.1, 0.15) is 28.9 Å². The van der Waals surface area contributed by atoms with Crippen molar-refractivity contribution in [1.29, 1.82) is 0 Å². The lowest BCUT2D eigenvalue weighted by Gasteiger charge is -2.14. The standard InChI is InChI=1S/C23H21N7O2.C17H16N6O.C5H8/c1-14-10-15(30-9-8-24-13-30)11-18-21(14)29-22(28-18)20-17(5-7-26-23(20)32)27-12-19(31)16-4-2-3-6-25-16;1-10-7-11(23-6-5-19-9-23)8-13-15(10)22-16(21-13)14-12(18-2)3-4-20-17(14)24;1-3-5-4-2/h2-11,13,19,31H,12H2,1H3,(H,28,29)(H2,26,27,32);3-9H,1-2H3,(H,21,22)(H2,18,20,24);3-5H,1H2,2H3/b;;5-4-/t19-;;/m1../s1. The number of nitrogens with zero attached hydrogens (tertiary/aromatic N) is 7. The maximum Gasteiger partial charge on any atom is 0.261 e. The minimum absolute atomic E-state index is 0.187. The number of anilines is 2. The van der Waals surface area contributed by atoms with Gasteiger partial charge < -0.3 is 44.8 Å². The summed E-state index contributed by atoms with van der Waals surface area (Å²) in [6.07, 6.45) is 20.3. The number of hydrogen-bond donors (Lipinski definition) is 7. The van der Waals surface area contributed by atoms with Crippen LogP contribution in [0, 0.1) is 13.8 Å². The molecule has 0 amide bonds. The van der Waals surface area contributed by atoms with E-state index < -0.39 is 6.10 Å². The molecule has 61 heavy (non-hydrogen) atoms. The van der Waals surface area contributed by atoms with Crippen LogP contribution in [0.4, 0.5) is 11.4 Å². The molecule has 7 N–H and O–H groups in total. The number of hydrogen-bond acceptors (Lipinski definition) is 10. The highest BCUT2D eigenvalue weighted by Crippen LogP contribution is 2.29. The summed E-state index contributed by atoms with van der Waals surface area (Å²) < 4.78 is 3.84. The van der Waals surface area contributed by atoms with Crippen molar-refractivity contribution in [2.45, 2.75) is 26.9 Å². The number of rotatable bonds is 10. The molecule has 7 aromatic heterocycles. The minimum atomic E-state index is -0.820. The SMILES string of the molecule is C=C/C=C\C.CNc1cc[nH]c(=O)c1-c1nc2c(C)cc(-n3ccnc3)cc2[nH]1.Cc1cc(-n2ccnc2)cc2[nH]c(-c3c(NC[C@@H](O)c4ccccn4)cc[nH]c3=O)nc12. The first-order valence-corrected chi connectivity index (χ1v) is 19.3. The van der Waals surface area contributed by atoms with Crippen LogP contribution in [0.3, 0.4) is 0 Å². The second-order valence-electron chi connectivity index (χ2n) is 13.8. The van der Waals surface area contributed by atoms with E-state index in [9.17, 15) is 14.7 Å². The van der Waals surface area contributed by atoms with Crippen LogP contribution < -0.4 is 21.8 Å². The summed E-state index contributed by atoms with van der Waals surface area (Å²) >= 11 is 0. The summed E-state index contributed by atoms with van der Waals surface area (Å²) in [6.45, 7) is 9.59. The van der Waals surface area contributed by atoms with Crippen LogP contribution >= 0.6 is 0 Å². The van der Waals surface area contributed by atoms with Crippen LogP contribution in [0.5, 0.6) is 0 Å². The molecule has 0 radical (unpaired) electrons. The molecule has 0 spiro atoms. The van der Waals surface area contributed by atoms with Crippen molar-refractivity contribution in [1.82, 2.24) is 54.0 Å². The molecule has 0 aliphatic carbocycles. The number of benzene rings is 2. The second kappa shape index (κ2) is 18.6. The third kappa shape index (κ3) is 9.14. The first-order valence-electron chi connectivity index (χ1n) is 19.3. The van der Waals surface area contributed by atoms with Crippen LogP contribution in [0.25, 0.3) is 56.2 Å². The third-order valence-corrected chi connectivity index (χ3v) is 9.64. The molecular weight excluding hydrogens is 771 g/mol. The van der Waals surface area contributed by atoms with Crippen molar-refractivity contribution in [3.05, 3.63) is 173 Å². The zero-order valence-electron chi connectivity index (χ0n) is 34.0. The average Bonchev–Trinajstić information content (AvgIpc) is 4.12. The van der Waals surface area contributed by atoms with Gasteiger partial charge in [0, 0.05) is 68.3 Å². The Labute approximate surface area is 349 Å². The molecule has 0 saturated heterocycles. The van der Waals surface area contributed by atoms with E-state index in [4.69, 9.17) is 4.98 Å². The third-order valence-electron chi connectivity index (χ3n) is 9.64. The van der Waals surface area contributed by atoms with Gasteiger partial charge >= 0.3 is 0 Å². The van der Waals surface area contributed by atoms with E-state index in [1.54, 1.807) is 75.0 Å². The number of aliphatic hydroxyl groups is 1. The minimum Gasteiger partial charge on any atom is -0.387 e. The van der Waals surface area contributed by atoms with Crippen LogP contribution in [-0.2, 0) is 0 Å². The van der Waals surface area contributed by atoms with Crippen LogP contribution in [0.1, 0.15) is 29.8 Å². The fourth-order valence-electron chi connectivity index (χ4n) is 6.70. The lowest BCUT2D eigenvalue weighted by molar-refractivity contribution is 0.187. The van der Waals surface area contributed by atoms with Crippen molar-refractivity contribution in [2.24, 2.45) is 0 Å². The molecule has 0 aliphatic heterocycles. The van der Waals surface area contributed by atoms with E-state index in [-0.39, 0.29) is 17.7 Å². The van der Waals surface area contributed by atoms with Crippen LogP contribution in [0.15, 0.2) is 145 Å². The summed E-state index contributed by atoms with van der Waals surface area (Å²) in [5.41, 5.74) is 9.50. The van der Waals surface area contributed by atoms with Gasteiger partial charge in [0.15, 0.2) is 0 Å². The lowest BCUT2D eigenvalue weighted by atomic mass is 10.2. The predicted molar refractivity (Wildman–Crippen MR) is 240 cm³/mol. The van der Waals surface area contributed by atoms with Gasteiger partial charge in [-0.05, 0) is 80.4 Å². The van der Waals surface area contributed by atoms with Gasteiger partial charge in [-0.2, -0.15) is 0 Å². The predicted octanol–water partition coefficient (Wildman–Crippen LogP) is 7.16. The normalized spacial score (nSPS) is 11.5. The maximum absolute atomic E-state index is 12.7. The second-order valence-corrected chi connectivity index (χ2v) is 13.8. The Hall–Kier alpha value is -8.11. The first kappa shape index (κ1) is 41.1. The summed E-state index contributed by atoms with van der Waals surface area (Å²) in [5.74, 6) is 0.990. The van der Waals surface area contributed by atoms with Crippen molar-refractivity contribution in [2.75, 3.05) is 24.2 Å². The number of aromatic amines is 4. The number of allylic oxidation sites excluding steroid dienone is 3. The zero-order chi connectivity index (χ0) is 42.9. The van der Waals surface area contributed by atoms with E-state index in [0.717, 1.165) is 50.3 Å². The molecule has 308 valence electrons. The molecule has 0 fully saturated rings. The Morgan fingerprint density at radius 1 is 0.787 bits per heavy atom. The van der Waals surface area contributed by atoms with Crippen LogP contribution in [-0.4, -0.2) is 72.7 Å². The molecule has 16 nitrogen and oxygen atoms in total. The van der Waals surface area contributed by atoms with Gasteiger partial charge in [-0.15, -0.1) is 0 Å². The van der Waals surface area contributed by atoms with E-state index in [2.05, 4.69) is 57.1 Å². The number of fused-ring (bicyclic) bond motifs is 2. The Balaban J connectivity index is 0.000000171. The monoisotopic (exact) mass is 815 g/mol. The van der Waals surface area contributed by atoms with Crippen molar-refractivity contribution < 1.29 is 5.11 Å². The Morgan fingerprint density at radius 2 is 1.34 bits per heavy atom. The van der Waals surface area contributed by atoms with Crippen molar-refractivity contribution in [3.63, 3.8) is 0 Å². The lowest BCUT2D eigenvalue weighted by Crippen LogP contribution is -2.17. The van der Waals surface area contributed by atoms with E-state index in [1.165, 1.54) is 0 Å². The topological polar surface area (TPSA) is 216 Å². The van der Waals surface area contributed by atoms with E-state index >= 15 is 0 Å². The van der Waals surface area contributed by atoms with Crippen molar-refractivity contribution in [3.8, 4) is 34.2 Å². The fraction of sp³-hybridized carbons (Fsp3) is 0.133. The van der Waals surface area contributed by atoms with E-state index in [1.807, 2.05) is 90.8 Å². The molecule has 1 atom stereocenters. The number of aromatic nitrogens is 11. The van der Waals surface area contributed by atoms with Gasteiger partial charge in [0.05, 0.1) is 51.8 Å². The first-order chi connectivity index (χ1) is 29.7. The molecule has 9 rings (SSSR count). The Morgan fingerprint density at radius 3 is 1.80 bits per heavy atom. The highest BCUT2D eigenvalue weighted by Gasteiger charge is 2.18. The quantitative estimate of drug-likeness (QED) is 0.0692. The van der Waals surface area contributed by atoms with Crippen LogP contribution in [0.2, 0.25) is 0 Å². The molecule has 0 saturated carbocycles. The van der Waals surface area contributed by atoms with Gasteiger partial charge in [0.2, 0.25) is 0 Å². The summed E-state index contributed by atoms with van der Waals surface area (Å²) in [6, 6.07) is 17.0. The van der Waals surface area contributed by atoms with Gasteiger partial charge in [-0.3, -0.25) is 14.6 Å². The zero-order valence-corrected chi connectivity index (χ0v) is 34.0. The Kier molecular flexibility index (Phi) is 12.6. The average molecular weight is 816 g/mol. The van der Waals surface area contributed by atoms with Gasteiger partial charge in [0.25, 0.3) is 11.1 Å². The number of pyridine rings is 3. The molecule has 0 aliphatic rings. The highest BCUT2D eigenvalue weighted by molar-refractivity contribution is 5.87. The molecular formula is C45H45N13O3. The number of aliphatic hydroxyl groups excluding tert-OH is 1. The van der Waals surface area contributed by atoms with Gasteiger partial charge in [-0.25, -0.2) is 19.9 Å². The maximum atomic E-state index is 12.7. The number of aryl methyl sites for hydroxylation is 2.